The molecule has 2 atom stereocenters. The number of anilines is 1. The lowest BCUT2D eigenvalue weighted by atomic mass is 10.1. The van der Waals surface area contributed by atoms with E-state index in [9.17, 15) is 4.79 Å². The number of pyridine rings is 1. The average Bonchev–Trinajstić information content (AvgIpc) is 3.34. The van der Waals surface area contributed by atoms with Gasteiger partial charge in [-0.05, 0) is 62.4 Å². The molecule has 1 aliphatic rings. The molecule has 4 aromatic rings. The first-order chi connectivity index (χ1) is 15.9. The van der Waals surface area contributed by atoms with Crippen molar-refractivity contribution < 1.29 is 0 Å². The first kappa shape index (κ1) is 21.6. The minimum Gasteiger partial charge on any atom is -0.381 e. The van der Waals surface area contributed by atoms with Gasteiger partial charge in [0.05, 0.1) is 27.3 Å². The molecule has 5 rings (SSSR count). The Hall–Kier alpha value is -3.23. The lowest BCUT2D eigenvalue weighted by Crippen LogP contribution is -2.21. The molecule has 3 heterocycles. The summed E-state index contributed by atoms with van der Waals surface area (Å²) in [5, 5.41) is 8.91. The molecule has 0 aliphatic heterocycles. The number of aryl methyl sites for hydroxylation is 2. The summed E-state index contributed by atoms with van der Waals surface area (Å²) in [4.78, 5) is 24.8. The molecule has 3 aromatic heterocycles. The van der Waals surface area contributed by atoms with Gasteiger partial charge in [-0.15, -0.1) is 0 Å². The Balaban J connectivity index is 1.40. The molecule has 33 heavy (non-hydrogen) atoms. The standard InChI is InChI=1S/C24H26ClN7O/c1-13-12-32(31-14(13)2)23-6-3-15(11-27-23)7-22-29-20-10-21(28-17-5-4-16(26)8-17)19(25)9-18(20)24(33)30-22/h3,6,9-12,16-17,28H,4-5,7-8,26H2,1-2H3,(H,29,30,33). The number of benzene rings is 1. The number of H-pyrrole nitrogens is 1. The second-order valence-electron chi connectivity index (χ2n) is 8.82. The summed E-state index contributed by atoms with van der Waals surface area (Å²) in [6.07, 6.45) is 7.10. The Morgan fingerprint density at radius 1 is 1.27 bits per heavy atom. The van der Waals surface area contributed by atoms with Gasteiger partial charge in [-0.1, -0.05) is 17.7 Å². The quantitative estimate of drug-likeness (QED) is 0.416. The highest BCUT2D eigenvalue weighted by Crippen LogP contribution is 2.29. The summed E-state index contributed by atoms with van der Waals surface area (Å²) in [6.45, 7) is 3.99. The maximum Gasteiger partial charge on any atom is 0.258 e. The second kappa shape index (κ2) is 8.61. The molecule has 0 spiro atoms. The van der Waals surface area contributed by atoms with E-state index in [1.165, 1.54) is 0 Å². The van der Waals surface area contributed by atoms with E-state index in [0.717, 1.165) is 47.6 Å². The van der Waals surface area contributed by atoms with E-state index >= 15 is 0 Å². The second-order valence-corrected chi connectivity index (χ2v) is 9.23. The van der Waals surface area contributed by atoms with Crippen LogP contribution >= 0.6 is 11.6 Å². The largest absolute Gasteiger partial charge is 0.381 e. The Labute approximate surface area is 196 Å². The zero-order chi connectivity index (χ0) is 23.1. The third-order valence-corrected chi connectivity index (χ3v) is 6.55. The van der Waals surface area contributed by atoms with Gasteiger partial charge in [0.1, 0.15) is 5.82 Å². The normalized spacial score (nSPS) is 18.2. The van der Waals surface area contributed by atoms with Crippen LogP contribution in [0.15, 0.2) is 41.5 Å². The number of rotatable bonds is 5. The molecule has 1 saturated carbocycles. The van der Waals surface area contributed by atoms with Crippen LogP contribution in [0.5, 0.6) is 0 Å². The number of halogens is 1. The lowest BCUT2D eigenvalue weighted by Gasteiger charge is -2.16. The number of aromatic amines is 1. The summed E-state index contributed by atoms with van der Waals surface area (Å²) in [5.41, 5.74) is 10.2. The molecule has 8 nitrogen and oxygen atoms in total. The van der Waals surface area contributed by atoms with Crippen LogP contribution in [0.2, 0.25) is 5.02 Å². The topological polar surface area (TPSA) is 115 Å². The molecule has 9 heteroatoms. The summed E-state index contributed by atoms with van der Waals surface area (Å²) in [5.74, 6) is 1.32. The molecule has 0 amide bonds. The van der Waals surface area contributed by atoms with Gasteiger partial charge in [0, 0.05) is 30.9 Å². The van der Waals surface area contributed by atoms with Crippen molar-refractivity contribution >= 4 is 28.2 Å². The van der Waals surface area contributed by atoms with Crippen molar-refractivity contribution in [2.24, 2.45) is 5.73 Å². The van der Waals surface area contributed by atoms with Crippen molar-refractivity contribution in [1.29, 1.82) is 0 Å². The molecule has 0 bridgehead atoms. The third-order valence-electron chi connectivity index (χ3n) is 6.24. The van der Waals surface area contributed by atoms with Crippen LogP contribution in [0.4, 0.5) is 5.69 Å². The number of nitrogens with one attached hydrogen (secondary N) is 2. The van der Waals surface area contributed by atoms with Gasteiger partial charge >= 0.3 is 0 Å². The van der Waals surface area contributed by atoms with Gasteiger partial charge in [-0.25, -0.2) is 14.6 Å². The molecule has 0 saturated heterocycles. The highest BCUT2D eigenvalue weighted by atomic mass is 35.5. The molecule has 1 fully saturated rings. The minimum atomic E-state index is -0.210. The maximum absolute atomic E-state index is 12.7. The number of nitrogens with zero attached hydrogens (tertiary/aromatic N) is 4. The van der Waals surface area contributed by atoms with Crippen LogP contribution in [0, 0.1) is 13.8 Å². The van der Waals surface area contributed by atoms with E-state index in [0.29, 0.717) is 28.2 Å². The van der Waals surface area contributed by atoms with E-state index in [2.05, 4.69) is 20.4 Å². The first-order valence-corrected chi connectivity index (χ1v) is 11.5. The van der Waals surface area contributed by atoms with Crippen molar-refractivity contribution in [2.45, 2.75) is 51.6 Å². The fraction of sp³-hybridized carbons (Fsp3) is 0.333. The third kappa shape index (κ3) is 4.49. The molecular formula is C24H26ClN7O. The van der Waals surface area contributed by atoms with Gasteiger partial charge in [0.15, 0.2) is 5.82 Å². The number of hydrogen-bond acceptors (Lipinski definition) is 6. The van der Waals surface area contributed by atoms with Crippen LogP contribution in [-0.2, 0) is 6.42 Å². The predicted octanol–water partition coefficient (Wildman–Crippen LogP) is 3.66. The Bertz CT molecular complexity index is 1360. The molecule has 1 aliphatic carbocycles. The predicted molar refractivity (Wildman–Crippen MR) is 130 cm³/mol. The molecule has 170 valence electrons. The van der Waals surface area contributed by atoms with Gasteiger partial charge in [-0.3, -0.25) is 4.79 Å². The zero-order valence-electron chi connectivity index (χ0n) is 18.6. The zero-order valence-corrected chi connectivity index (χ0v) is 19.4. The Kier molecular flexibility index (Phi) is 5.64. The number of nitrogens with two attached hydrogens (primary N) is 1. The van der Waals surface area contributed by atoms with Crippen molar-refractivity contribution in [2.75, 3.05) is 5.32 Å². The monoisotopic (exact) mass is 463 g/mol. The Morgan fingerprint density at radius 3 is 2.79 bits per heavy atom. The fourth-order valence-electron chi connectivity index (χ4n) is 4.28. The minimum absolute atomic E-state index is 0.210. The molecule has 0 radical (unpaired) electrons. The van der Waals surface area contributed by atoms with E-state index in [1.807, 2.05) is 38.2 Å². The highest BCUT2D eigenvalue weighted by molar-refractivity contribution is 6.34. The van der Waals surface area contributed by atoms with Gasteiger partial charge in [0.2, 0.25) is 0 Å². The van der Waals surface area contributed by atoms with Crippen molar-refractivity contribution in [3.63, 3.8) is 0 Å². The summed E-state index contributed by atoms with van der Waals surface area (Å²) in [6, 6.07) is 7.91. The molecule has 4 N–H and O–H groups in total. The summed E-state index contributed by atoms with van der Waals surface area (Å²) >= 11 is 6.45. The van der Waals surface area contributed by atoms with Crippen LogP contribution in [-0.4, -0.2) is 36.8 Å². The molecular weight excluding hydrogens is 438 g/mol. The van der Waals surface area contributed by atoms with Crippen LogP contribution < -0.4 is 16.6 Å². The maximum atomic E-state index is 12.7. The number of aromatic nitrogens is 5. The lowest BCUT2D eigenvalue weighted by molar-refractivity contribution is 0.688. The van der Waals surface area contributed by atoms with Gasteiger partial charge in [-0.2, -0.15) is 5.10 Å². The Morgan fingerprint density at radius 2 is 2.12 bits per heavy atom. The van der Waals surface area contributed by atoms with Crippen molar-refractivity contribution in [1.82, 2.24) is 24.7 Å². The average molecular weight is 464 g/mol. The van der Waals surface area contributed by atoms with Crippen molar-refractivity contribution in [3.05, 3.63) is 74.7 Å². The van der Waals surface area contributed by atoms with E-state index in [-0.39, 0.29) is 17.6 Å². The van der Waals surface area contributed by atoms with Gasteiger partial charge < -0.3 is 16.0 Å². The SMILES string of the molecule is Cc1cn(-c2ccc(Cc3nc4cc(NC5CCC(N)C5)c(Cl)cc4c(=O)[nH]3)cn2)nc1C. The highest BCUT2D eigenvalue weighted by Gasteiger charge is 2.22. The van der Waals surface area contributed by atoms with E-state index in [4.69, 9.17) is 22.3 Å². The number of hydrogen-bond donors (Lipinski definition) is 3. The van der Waals surface area contributed by atoms with Crippen LogP contribution in [0.25, 0.3) is 16.7 Å². The van der Waals surface area contributed by atoms with Crippen LogP contribution in [0.3, 0.4) is 0 Å². The summed E-state index contributed by atoms with van der Waals surface area (Å²) < 4.78 is 1.76. The van der Waals surface area contributed by atoms with Crippen LogP contribution in [0.1, 0.15) is 41.9 Å². The summed E-state index contributed by atoms with van der Waals surface area (Å²) in [7, 11) is 0. The fourth-order valence-corrected chi connectivity index (χ4v) is 4.50. The number of fused-ring (bicyclic) bond motifs is 1. The molecule has 2 unspecified atom stereocenters. The molecule has 1 aromatic carbocycles. The van der Waals surface area contributed by atoms with Crippen molar-refractivity contribution in [3.8, 4) is 5.82 Å². The van der Waals surface area contributed by atoms with E-state index in [1.54, 1.807) is 16.9 Å². The smallest absolute Gasteiger partial charge is 0.258 e. The van der Waals surface area contributed by atoms with E-state index < -0.39 is 0 Å². The first-order valence-electron chi connectivity index (χ1n) is 11.1. The van der Waals surface area contributed by atoms with Gasteiger partial charge in [0.25, 0.3) is 5.56 Å².